The number of nitrogens with zero attached hydrogens (tertiary/aromatic N) is 2. The van der Waals surface area contributed by atoms with Gasteiger partial charge in [-0.05, 0) is 24.3 Å². The first-order chi connectivity index (χ1) is 13.6. The molecule has 0 saturated carbocycles. The number of halogens is 2. The largest absolute Gasteiger partial charge is 0.486 e. The number of anilines is 3. The van der Waals surface area contributed by atoms with Gasteiger partial charge < -0.3 is 20.1 Å². The molecule has 2 heterocycles. The molecule has 0 unspecified atom stereocenters. The fraction of sp³-hybridized carbons (Fsp3) is 0.105. The Kier molecular flexibility index (Phi) is 4.71. The van der Waals surface area contributed by atoms with Crippen LogP contribution >= 0.6 is 0 Å². The lowest BCUT2D eigenvalue weighted by Crippen LogP contribution is -2.16. The minimum absolute atomic E-state index is 0.141. The summed E-state index contributed by atoms with van der Waals surface area (Å²) in [4.78, 5) is 20.4. The maximum Gasteiger partial charge on any atom is 0.258 e. The molecule has 0 fully saturated rings. The van der Waals surface area contributed by atoms with E-state index in [1.165, 1.54) is 18.5 Å². The van der Waals surface area contributed by atoms with Crippen LogP contribution in [0.15, 0.2) is 48.8 Å². The Bertz CT molecular complexity index is 1030. The molecule has 142 valence electrons. The number of benzene rings is 2. The third kappa shape index (κ3) is 3.83. The van der Waals surface area contributed by atoms with E-state index in [0.29, 0.717) is 30.4 Å². The van der Waals surface area contributed by atoms with Crippen molar-refractivity contribution in [1.29, 1.82) is 0 Å². The second-order valence-corrected chi connectivity index (χ2v) is 5.86. The van der Waals surface area contributed by atoms with Crippen molar-refractivity contribution in [3.63, 3.8) is 0 Å². The number of ether oxygens (including phenoxy) is 2. The van der Waals surface area contributed by atoms with E-state index in [0.717, 1.165) is 12.1 Å². The summed E-state index contributed by atoms with van der Waals surface area (Å²) < 4.78 is 37.1. The summed E-state index contributed by atoms with van der Waals surface area (Å²) in [6, 6.07) is 8.42. The summed E-state index contributed by atoms with van der Waals surface area (Å²) in [6.45, 7) is 0.936. The number of fused-ring (bicyclic) bond motifs is 1. The molecule has 0 aliphatic carbocycles. The Morgan fingerprint density at radius 3 is 2.36 bits per heavy atom. The summed E-state index contributed by atoms with van der Waals surface area (Å²) in [5.74, 6) is -1.01. The van der Waals surface area contributed by atoms with Gasteiger partial charge in [-0.25, -0.2) is 18.7 Å². The zero-order valence-corrected chi connectivity index (χ0v) is 14.4. The van der Waals surface area contributed by atoms with Gasteiger partial charge in [0.15, 0.2) is 23.1 Å². The number of carbonyl (C=O) groups is 1. The first-order valence-corrected chi connectivity index (χ1v) is 8.33. The van der Waals surface area contributed by atoms with Gasteiger partial charge in [-0.3, -0.25) is 4.79 Å². The number of carbonyl (C=O) groups excluding carboxylic acids is 1. The Hall–Kier alpha value is -3.75. The van der Waals surface area contributed by atoms with Crippen LogP contribution in [0.1, 0.15) is 10.4 Å². The Morgan fingerprint density at radius 1 is 0.893 bits per heavy atom. The zero-order valence-electron chi connectivity index (χ0n) is 14.4. The van der Waals surface area contributed by atoms with Crippen molar-refractivity contribution >= 4 is 23.2 Å². The number of nitrogens with one attached hydrogen (secondary N) is 2. The Morgan fingerprint density at radius 2 is 1.61 bits per heavy atom. The van der Waals surface area contributed by atoms with Crippen molar-refractivity contribution in [3.8, 4) is 11.5 Å². The highest BCUT2D eigenvalue weighted by atomic mass is 19.2. The zero-order chi connectivity index (χ0) is 19.5. The first-order valence-electron chi connectivity index (χ1n) is 8.33. The fourth-order valence-electron chi connectivity index (χ4n) is 2.54. The Labute approximate surface area is 158 Å². The Balaban J connectivity index is 1.43. The maximum atomic E-state index is 13.2. The molecule has 2 N–H and O–H groups in total. The van der Waals surface area contributed by atoms with Crippen LogP contribution in [0.4, 0.5) is 26.1 Å². The van der Waals surface area contributed by atoms with E-state index in [1.54, 1.807) is 18.2 Å². The molecule has 1 aliphatic rings. The molecule has 9 heteroatoms. The number of amides is 1. The standard InChI is InChI=1S/C19H14F2N4O3/c20-14-3-1-12(7-15(14)21)25-19-22-9-11(10-23-19)18(26)24-13-2-4-16-17(8-13)28-6-5-27-16/h1-4,7-10H,5-6H2,(H,24,26)(H,22,23,25). The normalized spacial score (nSPS) is 12.4. The van der Waals surface area contributed by atoms with Crippen LogP contribution in [-0.2, 0) is 0 Å². The average molecular weight is 384 g/mol. The van der Waals surface area contributed by atoms with Crippen molar-refractivity contribution in [3.05, 3.63) is 66.0 Å². The lowest BCUT2D eigenvalue weighted by molar-refractivity contribution is 0.102. The molecule has 0 atom stereocenters. The van der Waals surface area contributed by atoms with Gasteiger partial charge in [0.1, 0.15) is 13.2 Å². The van der Waals surface area contributed by atoms with E-state index in [1.807, 2.05) is 0 Å². The molecule has 0 saturated heterocycles. The van der Waals surface area contributed by atoms with E-state index >= 15 is 0 Å². The number of hydrogen-bond acceptors (Lipinski definition) is 6. The van der Waals surface area contributed by atoms with Gasteiger partial charge in [0.2, 0.25) is 5.95 Å². The highest BCUT2D eigenvalue weighted by molar-refractivity contribution is 6.04. The van der Waals surface area contributed by atoms with Crippen LogP contribution in [0.3, 0.4) is 0 Å². The van der Waals surface area contributed by atoms with E-state index in [2.05, 4.69) is 20.6 Å². The summed E-state index contributed by atoms with van der Waals surface area (Å²) in [6.07, 6.45) is 2.64. The molecule has 1 aliphatic heterocycles. The average Bonchev–Trinajstić information content (AvgIpc) is 2.71. The second kappa shape index (κ2) is 7.47. The third-order valence-corrected chi connectivity index (χ3v) is 3.89. The molecule has 7 nitrogen and oxygen atoms in total. The van der Waals surface area contributed by atoms with Crippen LogP contribution in [0.5, 0.6) is 11.5 Å². The van der Waals surface area contributed by atoms with Gasteiger partial charge in [0.05, 0.1) is 5.56 Å². The first kappa shape index (κ1) is 17.7. The highest BCUT2D eigenvalue weighted by Crippen LogP contribution is 2.32. The molecule has 0 bridgehead atoms. The molecule has 4 rings (SSSR count). The summed E-state index contributed by atoms with van der Waals surface area (Å²) in [5, 5.41) is 5.46. The van der Waals surface area contributed by atoms with E-state index < -0.39 is 17.5 Å². The summed E-state index contributed by atoms with van der Waals surface area (Å²) in [5.41, 5.74) is 1.05. The molecular formula is C19H14F2N4O3. The van der Waals surface area contributed by atoms with Crippen molar-refractivity contribution in [2.45, 2.75) is 0 Å². The van der Waals surface area contributed by atoms with Crippen LogP contribution in [0.2, 0.25) is 0 Å². The molecule has 2 aromatic carbocycles. The molecule has 28 heavy (non-hydrogen) atoms. The van der Waals surface area contributed by atoms with E-state index in [-0.39, 0.29) is 17.2 Å². The van der Waals surface area contributed by atoms with E-state index in [9.17, 15) is 13.6 Å². The predicted octanol–water partition coefficient (Wildman–Crippen LogP) is 3.52. The van der Waals surface area contributed by atoms with Gasteiger partial charge in [0, 0.05) is 35.9 Å². The van der Waals surface area contributed by atoms with Gasteiger partial charge in [-0.1, -0.05) is 0 Å². The van der Waals surface area contributed by atoms with Gasteiger partial charge >= 0.3 is 0 Å². The van der Waals surface area contributed by atoms with Crippen molar-refractivity contribution in [2.75, 3.05) is 23.8 Å². The molecule has 3 aromatic rings. The number of hydrogen-bond donors (Lipinski definition) is 2. The van der Waals surface area contributed by atoms with Crippen molar-refractivity contribution in [2.24, 2.45) is 0 Å². The van der Waals surface area contributed by atoms with E-state index in [4.69, 9.17) is 9.47 Å². The smallest absolute Gasteiger partial charge is 0.258 e. The van der Waals surface area contributed by atoms with Crippen molar-refractivity contribution in [1.82, 2.24) is 9.97 Å². The second-order valence-electron chi connectivity index (χ2n) is 5.86. The lowest BCUT2D eigenvalue weighted by Gasteiger charge is -2.19. The minimum Gasteiger partial charge on any atom is -0.486 e. The summed E-state index contributed by atoms with van der Waals surface area (Å²) in [7, 11) is 0. The molecule has 1 amide bonds. The van der Waals surface area contributed by atoms with Gasteiger partial charge in [-0.2, -0.15) is 0 Å². The fourth-order valence-corrected chi connectivity index (χ4v) is 2.54. The topological polar surface area (TPSA) is 85.4 Å². The monoisotopic (exact) mass is 384 g/mol. The van der Waals surface area contributed by atoms with Crippen molar-refractivity contribution < 1.29 is 23.0 Å². The van der Waals surface area contributed by atoms with Gasteiger partial charge in [0.25, 0.3) is 5.91 Å². The minimum atomic E-state index is -0.986. The predicted molar refractivity (Wildman–Crippen MR) is 97.1 cm³/mol. The molecule has 1 aromatic heterocycles. The number of rotatable bonds is 4. The molecular weight excluding hydrogens is 370 g/mol. The van der Waals surface area contributed by atoms with Crippen LogP contribution in [0, 0.1) is 11.6 Å². The molecule has 0 spiro atoms. The highest BCUT2D eigenvalue weighted by Gasteiger charge is 2.14. The SMILES string of the molecule is O=C(Nc1ccc2c(c1)OCCO2)c1cnc(Nc2ccc(F)c(F)c2)nc1. The summed E-state index contributed by atoms with van der Waals surface area (Å²) >= 11 is 0. The van der Waals surface area contributed by atoms with Crippen LogP contribution in [0.25, 0.3) is 0 Å². The molecule has 0 radical (unpaired) electrons. The quantitative estimate of drug-likeness (QED) is 0.716. The van der Waals surface area contributed by atoms with Crippen LogP contribution < -0.4 is 20.1 Å². The lowest BCUT2D eigenvalue weighted by atomic mass is 10.2. The number of aromatic nitrogens is 2. The van der Waals surface area contributed by atoms with Crippen LogP contribution in [-0.4, -0.2) is 29.1 Å². The third-order valence-electron chi connectivity index (χ3n) is 3.89. The van der Waals surface area contributed by atoms with Gasteiger partial charge in [-0.15, -0.1) is 0 Å². The maximum absolute atomic E-state index is 13.2.